The highest BCUT2D eigenvalue weighted by Gasteiger charge is 2.11. The van der Waals surface area contributed by atoms with Gasteiger partial charge in [-0.15, -0.1) is 6.42 Å². The Kier molecular flexibility index (Phi) is 8.05. The van der Waals surface area contributed by atoms with Crippen LogP contribution in [0.15, 0.2) is 97.1 Å². The van der Waals surface area contributed by atoms with Crippen molar-refractivity contribution in [1.82, 2.24) is 0 Å². The number of benzene rings is 4. The van der Waals surface area contributed by atoms with Gasteiger partial charge in [-0.3, -0.25) is 0 Å². The summed E-state index contributed by atoms with van der Waals surface area (Å²) in [6, 6.07) is 31.3. The monoisotopic (exact) mass is 472 g/mol. The van der Waals surface area contributed by atoms with Crippen molar-refractivity contribution in [1.29, 1.82) is 0 Å². The van der Waals surface area contributed by atoms with E-state index in [-0.39, 0.29) is 13.2 Å². The summed E-state index contributed by atoms with van der Waals surface area (Å²) in [6.07, 6.45) is 5.95. The molecule has 0 atom stereocenters. The van der Waals surface area contributed by atoms with Crippen molar-refractivity contribution in [3.63, 3.8) is 0 Å². The molecule has 0 aliphatic carbocycles. The summed E-state index contributed by atoms with van der Waals surface area (Å²) < 4.78 is 15.7. The highest BCUT2D eigenvalue weighted by Crippen LogP contribution is 2.32. The van der Waals surface area contributed by atoms with E-state index in [0.717, 1.165) is 33.4 Å². The maximum atomic E-state index is 11.2. The Morgan fingerprint density at radius 2 is 1.39 bits per heavy atom. The van der Waals surface area contributed by atoms with Crippen molar-refractivity contribution in [2.24, 2.45) is 0 Å². The quantitative estimate of drug-likeness (QED) is 0.245. The van der Waals surface area contributed by atoms with Gasteiger partial charge in [-0.2, -0.15) is 0 Å². The van der Waals surface area contributed by atoms with Crippen LogP contribution < -0.4 is 9.47 Å². The van der Waals surface area contributed by atoms with Crippen molar-refractivity contribution >= 4 is 5.97 Å². The van der Waals surface area contributed by atoms with E-state index in [1.165, 1.54) is 7.11 Å². The van der Waals surface area contributed by atoms with E-state index in [4.69, 9.17) is 15.9 Å². The first kappa shape index (κ1) is 24.2. The molecule has 0 spiro atoms. The van der Waals surface area contributed by atoms with Crippen LogP contribution in [-0.4, -0.2) is 26.3 Å². The van der Waals surface area contributed by atoms with E-state index >= 15 is 0 Å². The van der Waals surface area contributed by atoms with Gasteiger partial charge >= 0.3 is 5.97 Å². The minimum absolute atomic E-state index is 0.146. The van der Waals surface area contributed by atoms with Crippen molar-refractivity contribution in [3.8, 4) is 57.9 Å². The second-order valence-corrected chi connectivity index (χ2v) is 7.75. The lowest BCUT2D eigenvalue weighted by molar-refractivity contribution is -0.142. The summed E-state index contributed by atoms with van der Waals surface area (Å²) in [6.45, 7) is 0.0370. The van der Waals surface area contributed by atoms with Crippen LogP contribution in [0.1, 0.15) is 11.1 Å². The minimum atomic E-state index is -0.441. The fraction of sp³-hybridized carbons (Fsp3) is 0.0938. The van der Waals surface area contributed by atoms with Crippen LogP contribution in [0.4, 0.5) is 0 Å². The van der Waals surface area contributed by atoms with E-state index in [2.05, 4.69) is 40.7 Å². The average molecular weight is 473 g/mol. The van der Waals surface area contributed by atoms with E-state index in [0.29, 0.717) is 11.5 Å². The molecule has 0 aliphatic rings. The smallest absolute Gasteiger partial charge is 0.343 e. The zero-order valence-electron chi connectivity index (χ0n) is 19.9. The third kappa shape index (κ3) is 6.14. The Balaban J connectivity index is 1.56. The van der Waals surface area contributed by atoms with Crippen LogP contribution in [-0.2, 0) is 9.53 Å². The largest absolute Gasteiger partial charge is 0.482 e. The van der Waals surface area contributed by atoms with Gasteiger partial charge in [0.1, 0.15) is 18.1 Å². The predicted octanol–water partition coefficient (Wildman–Crippen LogP) is 5.98. The zero-order chi connectivity index (χ0) is 25.2. The molecule has 0 aliphatic heterocycles. The standard InChI is InChI=1S/C32H24O4/c1-3-30-26(15-10-20-35-28-16-18-29(19-17-28)36-23-32(33)34-2)21-27(24-11-6-4-7-12-24)22-31(30)25-13-8-5-9-14-25/h1,4-9,11-14,16-19,21-22H,20,23H2,2H3. The second-order valence-electron chi connectivity index (χ2n) is 7.75. The number of esters is 1. The molecule has 0 unspecified atom stereocenters. The summed E-state index contributed by atoms with van der Waals surface area (Å²) in [5, 5.41) is 0. The van der Waals surface area contributed by atoms with Crippen LogP contribution in [0.25, 0.3) is 22.3 Å². The van der Waals surface area contributed by atoms with E-state index in [1.807, 2.05) is 54.6 Å². The Labute approximate surface area is 211 Å². The predicted molar refractivity (Wildman–Crippen MR) is 142 cm³/mol. The number of ether oxygens (including phenoxy) is 3. The van der Waals surface area contributed by atoms with E-state index in [9.17, 15) is 4.79 Å². The summed E-state index contributed by atoms with van der Waals surface area (Å²) in [5.74, 6) is 9.87. The molecule has 36 heavy (non-hydrogen) atoms. The molecular formula is C32H24O4. The molecule has 4 rings (SSSR count). The van der Waals surface area contributed by atoms with E-state index in [1.54, 1.807) is 24.3 Å². The molecule has 0 saturated heterocycles. The number of carbonyl (C=O) groups is 1. The molecule has 0 aromatic heterocycles. The van der Waals surface area contributed by atoms with Gasteiger partial charge in [0.2, 0.25) is 0 Å². The molecule has 4 aromatic rings. The highest BCUT2D eigenvalue weighted by atomic mass is 16.6. The molecule has 0 N–H and O–H groups in total. The molecule has 0 heterocycles. The van der Waals surface area contributed by atoms with Gasteiger partial charge in [0.05, 0.1) is 7.11 Å². The normalized spacial score (nSPS) is 9.89. The van der Waals surface area contributed by atoms with Gasteiger partial charge in [0.15, 0.2) is 6.61 Å². The summed E-state index contributed by atoms with van der Waals surface area (Å²) in [4.78, 5) is 11.2. The molecule has 0 amide bonds. The summed E-state index contributed by atoms with van der Waals surface area (Å²) in [7, 11) is 1.32. The van der Waals surface area contributed by atoms with Crippen molar-refractivity contribution in [2.45, 2.75) is 0 Å². The average Bonchev–Trinajstić information content (AvgIpc) is 2.95. The van der Waals surface area contributed by atoms with Crippen LogP contribution >= 0.6 is 0 Å². The maximum Gasteiger partial charge on any atom is 0.343 e. The lowest BCUT2D eigenvalue weighted by Crippen LogP contribution is -2.12. The SMILES string of the molecule is C#Cc1c(C#CCOc2ccc(OCC(=O)OC)cc2)cc(-c2ccccc2)cc1-c1ccccc1. The van der Waals surface area contributed by atoms with Gasteiger partial charge in [0.25, 0.3) is 0 Å². The third-order valence-corrected chi connectivity index (χ3v) is 5.42. The van der Waals surface area contributed by atoms with Crippen LogP contribution in [0.3, 0.4) is 0 Å². The first-order valence-corrected chi connectivity index (χ1v) is 11.3. The second kappa shape index (κ2) is 12.0. The Morgan fingerprint density at radius 3 is 2.00 bits per heavy atom. The van der Waals surface area contributed by atoms with Crippen LogP contribution in [0.5, 0.6) is 11.5 Å². The van der Waals surface area contributed by atoms with Gasteiger partial charge < -0.3 is 14.2 Å². The van der Waals surface area contributed by atoms with Crippen molar-refractivity contribution in [2.75, 3.05) is 20.3 Å². The highest BCUT2D eigenvalue weighted by molar-refractivity contribution is 5.81. The molecule has 4 aromatic carbocycles. The Bertz CT molecular complexity index is 1420. The van der Waals surface area contributed by atoms with Gasteiger partial charge in [-0.25, -0.2) is 4.79 Å². The third-order valence-electron chi connectivity index (χ3n) is 5.42. The van der Waals surface area contributed by atoms with Gasteiger partial charge in [-0.05, 0) is 58.7 Å². The molecule has 176 valence electrons. The minimum Gasteiger partial charge on any atom is -0.482 e. The maximum absolute atomic E-state index is 11.2. The number of hydrogen-bond acceptors (Lipinski definition) is 4. The van der Waals surface area contributed by atoms with Crippen LogP contribution in [0, 0.1) is 24.2 Å². The fourth-order valence-corrected chi connectivity index (χ4v) is 3.62. The lowest BCUT2D eigenvalue weighted by Gasteiger charge is -2.12. The molecule has 4 heteroatoms. The molecule has 0 fully saturated rings. The number of hydrogen-bond donors (Lipinski definition) is 0. The summed E-state index contributed by atoms with van der Waals surface area (Å²) >= 11 is 0. The van der Waals surface area contributed by atoms with Crippen molar-refractivity contribution < 1.29 is 19.0 Å². The lowest BCUT2D eigenvalue weighted by atomic mass is 9.91. The van der Waals surface area contributed by atoms with Crippen LogP contribution in [0.2, 0.25) is 0 Å². The number of carbonyl (C=O) groups excluding carboxylic acids is 1. The summed E-state index contributed by atoms with van der Waals surface area (Å²) in [5.41, 5.74) is 5.66. The van der Waals surface area contributed by atoms with Gasteiger partial charge in [-0.1, -0.05) is 78.4 Å². The van der Waals surface area contributed by atoms with E-state index < -0.39 is 5.97 Å². The molecular weight excluding hydrogens is 448 g/mol. The molecule has 0 bridgehead atoms. The first-order chi connectivity index (χ1) is 17.7. The molecule has 0 saturated carbocycles. The number of rotatable bonds is 7. The zero-order valence-corrected chi connectivity index (χ0v) is 19.9. The number of methoxy groups -OCH3 is 1. The van der Waals surface area contributed by atoms with Crippen molar-refractivity contribution in [3.05, 3.63) is 108 Å². The molecule has 0 radical (unpaired) electrons. The fourth-order valence-electron chi connectivity index (χ4n) is 3.62. The Hall–Kier alpha value is -4.93. The Morgan fingerprint density at radius 1 is 0.778 bits per heavy atom. The van der Waals surface area contributed by atoms with Gasteiger partial charge in [0, 0.05) is 11.1 Å². The number of terminal acetylenes is 1. The first-order valence-electron chi connectivity index (χ1n) is 11.3. The molecule has 4 nitrogen and oxygen atoms in total. The topological polar surface area (TPSA) is 44.8 Å².